The molecule has 2 aliphatic heterocycles. The highest BCUT2D eigenvalue weighted by Gasteiger charge is 2.19. The number of aliphatic imine (C=N–C) groups is 1. The molecule has 1 fully saturated rings. The van der Waals surface area contributed by atoms with Crippen molar-refractivity contribution in [1.29, 1.82) is 0 Å². The third kappa shape index (κ3) is 4.14. The molecule has 1 saturated heterocycles. The van der Waals surface area contributed by atoms with Crippen LogP contribution < -0.4 is 10.3 Å². The molecule has 3 aromatic carbocycles. The van der Waals surface area contributed by atoms with E-state index in [4.69, 9.17) is 14.8 Å². The van der Waals surface area contributed by atoms with Gasteiger partial charge in [0, 0.05) is 35.5 Å². The van der Waals surface area contributed by atoms with Crippen LogP contribution in [0.2, 0.25) is 0 Å². The number of aryl methyl sites for hydroxylation is 1. The van der Waals surface area contributed by atoms with Gasteiger partial charge in [-0.05, 0) is 60.5 Å². The molecule has 5 nitrogen and oxygen atoms in total. The second kappa shape index (κ2) is 8.93. The minimum absolute atomic E-state index is 0.277. The van der Waals surface area contributed by atoms with E-state index < -0.39 is 0 Å². The number of hydrogen-bond donors (Lipinski definition) is 1. The number of anilines is 1. The summed E-state index contributed by atoms with van der Waals surface area (Å²) in [6.45, 7) is 5.46. The Morgan fingerprint density at radius 1 is 0.938 bits per heavy atom. The monoisotopic (exact) mass is 428 g/mol. The highest BCUT2D eigenvalue weighted by Crippen LogP contribution is 2.28. The summed E-state index contributed by atoms with van der Waals surface area (Å²) in [7, 11) is 0. The van der Waals surface area contributed by atoms with Crippen molar-refractivity contribution in [3.8, 4) is 0 Å². The zero-order valence-corrected chi connectivity index (χ0v) is 18.0. The number of halogens is 1. The fourth-order valence-corrected chi connectivity index (χ4v) is 4.01. The molecule has 0 amide bonds. The zero-order valence-electron chi connectivity index (χ0n) is 18.0. The number of ether oxygens (including phenoxy) is 1. The second-order valence-electron chi connectivity index (χ2n) is 7.89. The average Bonchev–Trinajstić information content (AvgIpc) is 3.04. The van der Waals surface area contributed by atoms with Crippen LogP contribution in [0.5, 0.6) is 0 Å². The molecule has 0 bridgehead atoms. The van der Waals surface area contributed by atoms with Gasteiger partial charge >= 0.3 is 0 Å². The molecular formula is C26H25FN4O. The lowest BCUT2D eigenvalue weighted by molar-refractivity contribution is 0.122. The van der Waals surface area contributed by atoms with Gasteiger partial charge in [-0.3, -0.25) is 5.43 Å². The maximum absolute atomic E-state index is 13.4. The highest BCUT2D eigenvalue weighted by molar-refractivity contribution is 6.18. The van der Waals surface area contributed by atoms with E-state index in [1.807, 2.05) is 6.07 Å². The van der Waals surface area contributed by atoms with Crippen molar-refractivity contribution in [1.82, 2.24) is 5.43 Å². The van der Waals surface area contributed by atoms with E-state index in [1.54, 1.807) is 12.1 Å². The first-order chi connectivity index (χ1) is 15.7. The number of hydrazone groups is 1. The average molecular weight is 429 g/mol. The maximum Gasteiger partial charge on any atom is 0.154 e. The fraction of sp³-hybridized carbons (Fsp3) is 0.231. The SMILES string of the molecule is CCc1ccc2c(c1)C(c1ccc(N3CCOCC3)cc1)=NNC(c1ccc(F)cc1)=N2. The predicted octanol–water partition coefficient (Wildman–Crippen LogP) is 4.66. The van der Waals surface area contributed by atoms with E-state index >= 15 is 0 Å². The van der Waals surface area contributed by atoms with Crippen LogP contribution in [0, 0.1) is 5.82 Å². The molecule has 0 atom stereocenters. The van der Waals surface area contributed by atoms with Crippen LogP contribution in [0.3, 0.4) is 0 Å². The number of benzene rings is 3. The minimum atomic E-state index is -0.277. The van der Waals surface area contributed by atoms with E-state index in [-0.39, 0.29) is 5.82 Å². The van der Waals surface area contributed by atoms with Gasteiger partial charge in [0.15, 0.2) is 5.84 Å². The zero-order chi connectivity index (χ0) is 21.9. The molecule has 0 saturated carbocycles. The third-order valence-electron chi connectivity index (χ3n) is 5.86. The molecular weight excluding hydrogens is 403 g/mol. The molecule has 0 unspecified atom stereocenters. The molecule has 2 aliphatic rings. The van der Waals surface area contributed by atoms with Gasteiger partial charge in [0.25, 0.3) is 0 Å². The van der Waals surface area contributed by atoms with Gasteiger partial charge in [-0.2, -0.15) is 5.10 Å². The number of morpholine rings is 1. The van der Waals surface area contributed by atoms with E-state index in [9.17, 15) is 4.39 Å². The summed E-state index contributed by atoms with van der Waals surface area (Å²) in [5.41, 5.74) is 9.97. The van der Waals surface area contributed by atoms with Gasteiger partial charge in [-0.1, -0.05) is 25.1 Å². The van der Waals surface area contributed by atoms with Gasteiger partial charge in [0.2, 0.25) is 0 Å². The van der Waals surface area contributed by atoms with Crippen molar-refractivity contribution in [3.05, 3.63) is 94.8 Å². The third-order valence-corrected chi connectivity index (χ3v) is 5.86. The van der Waals surface area contributed by atoms with E-state index in [0.717, 1.165) is 60.8 Å². The largest absolute Gasteiger partial charge is 0.378 e. The molecule has 5 rings (SSSR count). The predicted molar refractivity (Wildman–Crippen MR) is 127 cm³/mol. The Morgan fingerprint density at radius 3 is 2.38 bits per heavy atom. The summed E-state index contributed by atoms with van der Waals surface area (Å²) in [5, 5.41) is 4.74. The Morgan fingerprint density at radius 2 is 1.66 bits per heavy atom. The Bertz CT molecular complexity index is 1160. The molecule has 0 spiro atoms. The summed E-state index contributed by atoms with van der Waals surface area (Å²) in [6.07, 6.45) is 0.929. The number of nitrogens with zero attached hydrogens (tertiary/aromatic N) is 3. The van der Waals surface area contributed by atoms with Gasteiger partial charge in [0.1, 0.15) is 5.82 Å². The number of nitrogens with one attached hydrogen (secondary N) is 1. The molecule has 1 N–H and O–H groups in total. The minimum Gasteiger partial charge on any atom is -0.378 e. The van der Waals surface area contributed by atoms with Gasteiger partial charge in [0.05, 0.1) is 24.6 Å². The second-order valence-corrected chi connectivity index (χ2v) is 7.89. The smallest absolute Gasteiger partial charge is 0.154 e. The van der Waals surface area contributed by atoms with Crippen LogP contribution in [-0.2, 0) is 11.2 Å². The number of fused-ring (bicyclic) bond motifs is 1. The van der Waals surface area contributed by atoms with Crippen molar-refractivity contribution in [2.45, 2.75) is 13.3 Å². The van der Waals surface area contributed by atoms with Crippen molar-refractivity contribution in [2.24, 2.45) is 10.1 Å². The number of hydrogen-bond acceptors (Lipinski definition) is 5. The molecule has 3 aromatic rings. The van der Waals surface area contributed by atoms with Crippen molar-refractivity contribution < 1.29 is 9.13 Å². The molecule has 162 valence electrons. The maximum atomic E-state index is 13.4. The van der Waals surface area contributed by atoms with E-state index in [0.29, 0.717) is 5.84 Å². The first-order valence-corrected chi connectivity index (χ1v) is 11.0. The normalized spacial score (nSPS) is 15.9. The van der Waals surface area contributed by atoms with Crippen LogP contribution >= 0.6 is 0 Å². The molecule has 0 radical (unpaired) electrons. The van der Waals surface area contributed by atoms with Crippen LogP contribution in [-0.4, -0.2) is 37.9 Å². The molecule has 32 heavy (non-hydrogen) atoms. The van der Waals surface area contributed by atoms with Crippen LogP contribution in [0.25, 0.3) is 0 Å². The van der Waals surface area contributed by atoms with Crippen molar-refractivity contribution in [3.63, 3.8) is 0 Å². The summed E-state index contributed by atoms with van der Waals surface area (Å²) in [4.78, 5) is 7.16. The summed E-state index contributed by atoms with van der Waals surface area (Å²) < 4.78 is 18.9. The van der Waals surface area contributed by atoms with Crippen LogP contribution in [0.15, 0.2) is 76.8 Å². The van der Waals surface area contributed by atoms with E-state index in [1.165, 1.54) is 23.4 Å². The van der Waals surface area contributed by atoms with Crippen LogP contribution in [0.4, 0.5) is 15.8 Å². The molecule has 6 heteroatoms. The first kappa shape index (κ1) is 20.4. The lowest BCUT2D eigenvalue weighted by Gasteiger charge is -2.29. The standard InChI is InChI=1S/C26H25FN4O/c1-2-18-3-12-24-23(17-18)25(29-30-26(28-24)20-4-8-21(27)9-5-20)19-6-10-22(11-7-19)31-13-15-32-16-14-31/h3-12,17H,2,13-16H2,1H3,(H,28,30). The Balaban J connectivity index is 1.53. The van der Waals surface area contributed by atoms with Gasteiger partial charge < -0.3 is 9.64 Å². The molecule has 0 aliphatic carbocycles. The Kier molecular flexibility index (Phi) is 5.69. The number of rotatable bonds is 4. The van der Waals surface area contributed by atoms with Gasteiger partial charge in [-0.25, -0.2) is 9.38 Å². The molecule has 2 heterocycles. The Hall–Kier alpha value is -3.51. The first-order valence-electron chi connectivity index (χ1n) is 11.0. The highest BCUT2D eigenvalue weighted by atomic mass is 19.1. The van der Waals surface area contributed by atoms with Crippen LogP contribution in [0.1, 0.15) is 29.2 Å². The van der Waals surface area contributed by atoms with Crippen molar-refractivity contribution in [2.75, 3.05) is 31.2 Å². The topological polar surface area (TPSA) is 49.2 Å². The summed E-state index contributed by atoms with van der Waals surface area (Å²) >= 11 is 0. The van der Waals surface area contributed by atoms with Gasteiger partial charge in [-0.15, -0.1) is 0 Å². The fourth-order valence-electron chi connectivity index (χ4n) is 4.01. The Labute approximate surface area is 187 Å². The molecule has 0 aromatic heterocycles. The lowest BCUT2D eigenvalue weighted by Crippen LogP contribution is -2.36. The van der Waals surface area contributed by atoms with E-state index in [2.05, 4.69) is 53.6 Å². The summed E-state index contributed by atoms with van der Waals surface area (Å²) in [5.74, 6) is 0.316. The lowest BCUT2D eigenvalue weighted by atomic mass is 9.97. The summed E-state index contributed by atoms with van der Waals surface area (Å²) in [6, 6.07) is 21.0. The number of amidine groups is 1. The quantitative estimate of drug-likeness (QED) is 0.658. The van der Waals surface area contributed by atoms with Crippen molar-refractivity contribution >= 4 is 22.9 Å².